The van der Waals surface area contributed by atoms with Crippen LogP contribution in [-0.2, 0) is 20.7 Å². The first-order valence-electron chi connectivity index (χ1n) is 7.38. The summed E-state index contributed by atoms with van der Waals surface area (Å²) in [5.41, 5.74) is 0.234. The van der Waals surface area contributed by atoms with E-state index in [1.165, 1.54) is 10.4 Å². The Labute approximate surface area is 130 Å². The van der Waals surface area contributed by atoms with Gasteiger partial charge in [-0.3, -0.25) is 14.5 Å². The number of fused-ring (bicyclic) bond motifs is 1. The largest absolute Gasteiger partial charge is 0.465 e. The molecule has 2 rings (SSSR count). The summed E-state index contributed by atoms with van der Waals surface area (Å²) >= 11 is 1.78. The van der Waals surface area contributed by atoms with E-state index in [-0.39, 0.29) is 11.8 Å². The van der Waals surface area contributed by atoms with E-state index in [1.54, 1.807) is 32.1 Å². The average Bonchev–Trinajstić information content (AvgIpc) is 2.91. The topological polar surface area (TPSA) is 46.6 Å². The van der Waals surface area contributed by atoms with Crippen molar-refractivity contribution in [2.24, 2.45) is 5.41 Å². The van der Waals surface area contributed by atoms with E-state index in [1.807, 2.05) is 0 Å². The zero-order valence-electron chi connectivity index (χ0n) is 13.1. The summed E-state index contributed by atoms with van der Waals surface area (Å²) in [5, 5.41) is 2.11. The minimum Gasteiger partial charge on any atom is -0.465 e. The Bertz CT molecular complexity index is 535. The Kier molecular flexibility index (Phi) is 4.84. The minimum atomic E-state index is -1.08. The number of ketones is 1. The van der Waals surface area contributed by atoms with Crippen molar-refractivity contribution in [3.05, 3.63) is 21.9 Å². The lowest BCUT2D eigenvalue weighted by atomic mass is 9.87. The maximum atomic E-state index is 12.5. The Balaban J connectivity index is 2.05. The number of carbonyl (C=O) groups excluding carboxylic acids is 2. The molecule has 0 aliphatic carbocycles. The highest BCUT2D eigenvalue weighted by molar-refractivity contribution is 7.10. The summed E-state index contributed by atoms with van der Waals surface area (Å²) in [4.78, 5) is 28.0. The molecule has 1 atom stereocenters. The maximum absolute atomic E-state index is 12.5. The Morgan fingerprint density at radius 3 is 2.86 bits per heavy atom. The van der Waals surface area contributed by atoms with Crippen molar-refractivity contribution < 1.29 is 14.3 Å². The van der Waals surface area contributed by atoms with Crippen LogP contribution in [0.25, 0.3) is 0 Å². The number of esters is 1. The van der Waals surface area contributed by atoms with Gasteiger partial charge in [-0.2, -0.15) is 0 Å². The summed E-state index contributed by atoms with van der Waals surface area (Å²) in [5.74, 6) is -0.512. The summed E-state index contributed by atoms with van der Waals surface area (Å²) in [6.45, 7) is 8.63. The molecule has 116 valence electrons. The van der Waals surface area contributed by atoms with Crippen LogP contribution in [0.5, 0.6) is 0 Å². The van der Waals surface area contributed by atoms with Gasteiger partial charge in [-0.25, -0.2) is 0 Å². The Hall–Kier alpha value is -1.20. The average molecular weight is 309 g/mol. The molecule has 0 N–H and O–H groups in total. The van der Waals surface area contributed by atoms with Crippen molar-refractivity contribution >= 4 is 23.1 Å². The lowest BCUT2D eigenvalue weighted by molar-refractivity contribution is -0.158. The molecule has 4 nitrogen and oxygen atoms in total. The highest BCUT2D eigenvalue weighted by Crippen LogP contribution is 2.33. The standard InChI is InChI=1S/C16H23NO3S/c1-5-20-15(19)16(3,4)14(18)10-17-8-6-13-12(11(17)2)7-9-21-13/h7,9,11H,5-6,8,10H2,1-4H3. The summed E-state index contributed by atoms with van der Waals surface area (Å²) < 4.78 is 5.01. The molecule has 1 aliphatic rings. The predicted octanol–water partition coefficient (Wildman–Crippen LogP) is 2.83. The van der Waals surface area contributed by atoms with E-state index < -0.39 is 11.4 Å². The fraction of sp³-hybridized carbons (Fsp3) is 0.625. The summed E-state index contributed by atoms with van der Waals surface area (Å²) in [6.07, 6.45) is 0.977. The molecule has 0 amide bonds. The monoisotopic (exact) mass is 309 g/mol. The van der Waals surface area contributed by atoms with Gasteiger partial charge in [0.25, 0.3) is 0 Å². The van der Waals surface area contributed by atoms with Gasteiger partial charge in [0.2, 0.25) is 0 Å². The molecule has 1 aliphatic heterocycles. The van der Waals surface area contributed by atoms with Crippen LogP contribution < -0.4 is 0 Å². The number of nitrogens with zero attached hydrogens (tertiary/aromatic N) is 1. The lowest BCUT2D eigenvalue weighted by Gasteiger charge is -2.34. The van der Waals surface area contributed by atoms with E-state index in [2.05, 4.69) is 23.3 Å². The van der Waals surface area contributed by atoms with E-state index in [0.29, 0.717) is 13.2 Å². The first-order valence-corrected chi connectivity index (χ1v) is 8.26. The molecule has 0 radical (unpaired) electrons. The summed E-state index contributed by atoms with van der Waals surface area (Å²) in [6, 6.07) is 2.36. The smallest absolute Gasteiger partial charge is 0.319 e. The lowest BCUT2D eigenvalue weighted by Crippen LogP contribution is -2.44. The molecule has 0 bridgehead atoms. The normalized spacial score (nSPS) is 19.1. The Morgan fingerprint density at radius 2 is 2.19 bits per heavy atom. The van der Waals surface area contributed by atoms with Crippen LogP contribution in [0.3, 0.4) is 0 Å². The Morgan fingerprint density at radius 1 is 1.48 bits per heavy atom. The van der Waals surface area contributed by atoms with Crippen LogP contribution in [0.1, 0.15) is 44.2 Å². The van der Waals surface area contributed by atoms with Crippen molar-refractivity contribution in [2.45, 2.75) is 40.2 Å². The SMILES string of the molecule is CCOC(=O)C(C)(C)C(=O)CN1CCc2sccc2C1C. The van der Waals surface area contributed by atoms with Gasteiger partial charge in [0.05, 0.1) is 13.2 Å². The third-order valence-electron chi connectivity index (χ3n) is 4.23. The highest BCUT2D eigenvalue weighted by atomic mass is 32.1. The fourth-order valence-corrected chi connectivity index (χ4v) is 3.55. The second-order valence-electron chi connectivity index (χ2n) is 5.96. The molecular formula is C16H23NO3S. The second kappa shape index (κ2) is 6.28. The van der Waals surface area contributed by atoms with Crippen LogP contribution in [-0.4, -0.2) is 36.3 Å². The molecule has 0 aromatic carbocycles. The number of hydrogen-bond acceptors (Lipinski definition) is 5. The molecule has 5 heteroatoms. The molecule has 1 unspecified atom stereocenters. The van der Waals surface area contributed by atoms with Crippen LogP contribution in [0.15, 0.2) is 11.4 Å². The van der Waals surface area contributed by atoms with Crippen molar-refractivity contribution in [1.29, 1.82) is 0 Å². The van der Waals surface area contributed by atoms with Gasteiger partial charge >= 0.3 is 5.97 Å². The number of rotatable bonds is 5. The van der Waals surface area contributed by atoms with Crippen molar-refractivity contribution in [1.82, 2.24) is 4.90 Å². The van der Waals surface area contributed by atoms with Gasteiger partial charge in [0.15, 0.2) is 5.78 Å². The van der Waals surface area contributed by atoms with Crippen molar-refractivity contribution in [2.75, 3.05) is 19.7 Å². The molecule has 2 heterocycles. The van der Waals surface area contributed by atoms with Crippen LogP contribution in [0.2, 0.25) is 0 Å². The molecule has 0 spiro atoms. The number of ether oxygens (including phenoxy) is 1. The first-order chi connectivity index (χ1) is 9.87. The highest BCUT2D eigenvalue weighted by Gasteiger charge is 2.39. The minimum absolute atomic E-state index is 0.0773. The van der Waals surface area contributed by atoms with Gasteiger partial charge in [-0.05, 0) is 51.1 Å². The van der Waals surface area contributed by atoms with Crippen molar-refractivity contribution in [3.8, 4) is 0 Å². The molecular weight excluding hydrogens is 286 g/mol. The molecule has 1 aromatic rings. The van der Waals surface area contributed by atoms with Crippen molar-refractivity contribution in [3.63, 3.8) is 0 Å². The van der Waals surface area contributed by atoms with E-state index >= 15 is 0 Å². The van der Waals surface area contributed by atoms with Crippen LogP contribution in [0, 0.1) is 5.41 Å². The zero-order chi connectivity index (χ0) is 15.6. The quantitative estimate of drug-likeness (QED) is 0.620. The molecule has 1 aromatic heterocycles. The van der Waals surface area contributed by atoms with Gasteiger partial charge in [-0.1, -0.05) is 0 Å². The van der Waals surface area contributed by atoms with Gasteiger partial charge < -0.3 is 4.74 Å². The fourth-order valence-electron chi connectivity index (χ4n) is 2.58. The molecule has 0 fully saturated rings. The van der Waals surface area contributed by atoms with E-state index in [0.717, 1.165) is 13.0 Å². The van der Waals surface area contributed by atoms with Gasteiger partial charge in [0, 0.05) is 17.5 Å². The van der Waals surface area contributed by atoms with Crippen LogP contribution in [0.4, 0.5) is 0 Å². The van der Waals surface area contributed by atoms with Gasteiger partial charge in [-0.15, -0.1) is 11.3 Å². The number of hydrogen-bond donors (Lipinski definition) is 0. The maximum Gasteiger partial charge on any atom is 0.319 e. The van der Waals surface area contributed by atoms with Crippen LogP contribution >= 0.6 is 11.3 Å². The number of carbonyl (C=O) groups is 2. The number of thiophene rings is 1. The summed E-state index contributed by atoms with van der Waals surface area (Å²) in [7, 11) is 0. The molecule has 0 saturated heterocycles. The second-order valence-corrected chi connectivity index (χ2v) is 6.96. The van der Waals surface area contributed by atoms with E-state index in [9.17, 15) is 9.59 Å². The third-order valence-corrected chi connectivity index (χ3v) is 5.23. The predicted molar refractivity (Wildman–Crippen MR) is 83.4 cm³/mol. The molecule has 0 saturated carbocycles. The third kappa shape index (κ3) is 3.19. The zero-order valence-corrected chi connectivity index (χ0v) is 14.0. The molecule has 21 heavy (non-hydrogen) atoms. The van der Waals surface area contributed by atoms with Gasteiger partial charge in [0.1, 0.15) is 5.41 Å². The number of Topliss-reactive ketones (excluding diaryl/α,β-unsaturated/α-hetero) is 1. The first kappa shape index (κ1) is 16.2. The van der Waals surface area contributed by atoms with E-state index in [4.69, 9.17) is 4.74 Å².